The Kier molecular flexibility index (Phi) is 12.6. The molecule has 0 bridgehead atoms. The van der Waals surface area contributed by atoms with Crippen LogP contribution in [-0.4, -0.2) is 18.0 Å². The maximum atomic E-state index is 4.75. The van der Waals surface area contributed by atoms with E-state index in [-0.39, 0.29) is 20.1 Å². The van der Waals surface area contributed by atoms with Crippen molar-refractivity contribution in [1.82, 2.24) is 9.97 Å². The molecule has 0 fully saturated rings. The second-order valence-electron chi connectivity index (χ2n) is 15.1. The van der Waals surface area contributed by atoms with Crippen LogP contribution >= 0.6 is 11.3 Å². The maximum Gasteiger partial charge on any atom is 0.0798 e. The second kappa shape index (κ2) is 16.7. The van der Waals surface area contributed by atoms with Crippen LogP contribution in [0.5, 0.6) is 0 Å². The molecule has 1 unspecified atom stereocenters. The fourth-order valence-electron chi connectivity index (χ4n) is 6.54. The number of aromatic nitrogens is 2. The summed E-state index contributed by atoms with van der Waals surface area (Å²) in [5.74, 6) is 1.75. The van der Waals surface area contributed by atoms with E-state index in [4.69, 9.17) is 4.98 Å². The van der Waals surface area contributed by atoms with Crippen molar-refractivity contribution < 1.29 is 20.1 Å². The van der Waals surface area contributed by atoms with Crippen LogP contribution in [0.3, 0.4) is 0 Å². The van der Waals surface area contributed by atoms with Gasteiger partial charge < -0.3 is 9.97 Å². The Morgan fingerprint density at radius 3 is 2.18 bits per heavy atom. The van der Waals surface area contributed by atoms with Gasteiger partial charge in [-0.3, -0.25) is 0 Å². The third kappa shape index (κ3) is 8.84. The molecule has 4 aromatic carbocycles. The molecular weight excluding hydrogens is 833 g/mol. The third-order valence-electron chi connectivity index (χ3n) is 9.51. The minimum absolute atomic E-state index is 0. The average Bonchev–Trinajstić information content (AvgIpc) is 3.51. The van der Waals surface area contributed by atoms with Crippen molar-refractivity contribution in [3.63, 3.8) is 0 Å². The molecular formula is C46H48IrN2SSi-2. The Labute approximate surface area is 323 Å². The van der Waals surface area contributed by atoms with Crippen LogP contribution in [0.4, 0.5) is 0 Å². The first-order valence-corrected chi connectivity index (χ1v) is 22.2. The number of rotatable bonds is 8. The van der Waals surface area contributed by atoms with Gasteiger partial charge in [0.1, 0.15) is 0 Å². The molecule has 51 heavy (non-hydrogen) atoms. The Bertz CT molecular complexity index is 2200. The summed E-state index contributed by atoms with van der Waals surface area (Å²) in [5, 5.41) is 4.10. The molecule has 5 heteroatoms. The minimum atomic E-state index is -1.34. The van der Waals surface area contributed by atoms with Gasteiger partial charge in [0.05, 0.1) is 8.07 Å². The van der Waals surface area contributed by atoms with Crippen LogP contribution < -0.4 is 5.19 Å². The van der Waals surface area contributed by atoms with Crippen molar-refractivity contribution in [3.05, 3.63) is 139 Å². The number of hydrogen-bond donors (Lipinski definition) is 0. The van der Waals surface area contributed by atoms with Crippen LogP contribution in [0.2, 0.25) is 19.6 Å². The molecule has 0 aliphatic heterocycles. The number of fused-ring (bicyclic) bond motifs is 3. The summed E-state index contributed by atoms with van der Waals surface area (Å²) >= 11 is 1.84. The summed E-state index contributed by atoms with van der Waals surface area (Å²) in [4.78, 5) is 9.44. The summed E-state index contributed by atoms with van der Waals surface area (Å²) in [5.41, 5.74) is 9.51. The zero-order chi connectivity index (χ0) is 35.4. The van der Waals surface area contributed by atoms with E-state index in [2.05, 4.69) is 163 Å². The summed E-state index contributed by atoms with van der Waals surface area (Å²) in [6.45, 7) is 18.6. The Morgan fingerprint density at radius 2 is 1.49 bits per heavy atom. The molecule has 1 atom stereocenters. The molecule has 0 saturated heterocycles. The van der Waals surface area contributed by atoms with Crippen LogP contribution in [0.25, 0.3) is 53.8 Å². The molecule has 2 nitrogen and oxygen atoms in total. The number of pyridine rings is 2. The molecule has 7 rings (SSSR count). The van der Waals surface area contributed by atoms with Gasteiger partial charge >= 0.3 is 0 Å². The van der Waals surface area contributed by atoms with Crippen molar-refractivity contribution in [3.8, 4) is 33.6 Å². The van der Waals surface area contributed by atoms with E-state index < -0.39 is 8.07 Å². The molecule has 1 radical (unpaired) electrons. The van der Waals surface area contributed by atoms with Gasteiger partial charge in [-0.15, -0.1) is 53.6 Å². The maximum absolute atomic E-state index is 4.75. The monoisotopic (exact) mass is 881 g/mol. The van der Waals surface area contributed by atoms with Crippen LogP contribution in [0, 0.1) is 24.0 Å². The third-order valence-corrected chi connectivity index (χ3v) is 12.8. The molecule has 3 aromatic heterocycles. The van der Waals surface area contributed by atoms with Gasteiger partial charge in [-0.05, 0) is 63.0 Å². The first kappa shape index (κ1) is 38.5. The van der Waals surface area contributed by atoms with E-state index in [1.54, 1.807) is 0 Å². The fourth-order valence-corrected chi connectivity index (χ4v) is 9.36. The Morgan fingerprint density at radius 1 is 0.765 bits per heavy atom. The summed E-state index contributed by atoms with van der Waals surface area (Å²) in [6, 6.07) is 43.1. The molecule has 0 aliphatic rings. The quantitative estimate of drug-likeness (QED) is 0.112. The van der Waals surface area contributed by atoms with Crippen molar-refractivity contribution in [2.24, 2.45) is 11.8 Å². The molecule has 7 aromatic rings. The molecule has 0 amide bonds. The number of benzene rings is 4. The Hall–Kier alpha value is -3.73. The van der Waals surface area contributed by atoms with Crippen molar-refractivity contribution >= 4 is 44.8 Å². The van der Waals surface area contributed by atoms with Crippen LogP contribution in [0.1, 0.15) is 51.7 Å². The van der Waals surface area contributed by atoms with Gasteiger partial charge in [-0.1, -0.05) is 143 Å². The summed E-state index contributed by atoms with van der Waals surface area (Å²) in [7, 11) is -1.34. The molecule has 0 spiro atoms. The number of hydrogen-bond acceptors (Lipinski definition) is 3. The van der Waals surface area contributed by atoms with Gasteiger partial charge in [-0.25, -0.2) is 0 Å². The van der Waals surface area contributed by atoms with Gasteiger partial charge in [0.15, 0.2) is 0 Å². The summed E-state index contributed by atoms with van der Waals surface area (Å²) < 4.78 is 2.57. The molecule has 0 aliphatic carbocycles. The fraction of sp³-hybridized carbons (Fsp3) is 0.261. The minimum Gasteiger partial charge on any atom is -0.305 e. The van der Waals surface area contributed by atoms with Crippen molar-refractivity contribution in [2.75, 3.05) is 0 Å². The smallest absolute Gasteiger partial charge is 0.0798 e. The Balaban J connectivity index is 0.000000211. The first-order chi connectivity index (χ1) is 24.0. The van der Waals surface area contributed by atoms with Gasteiger partial charge in [0.25, 0.3) is 0 Å². The SMILES string of the molecule is CC(C)C(C)c1ccnc(-c2[c-]cc(-c3ccccc3)c3c2sc2ccccc23)c1.CC(C)Cc1cc(-c2[c-]cccc2)ncc1[Si](C)(C)C.[Ir]. The predicted molar refractivity (Wildman–Crippen MR) is 220 cm³/mol. The molecule has 0 N–H and O–H groups in total. The van der Waals surface area contributed by atoms with Crippen molar-refractivity contribution in [1.29, 1.82) is 0 Å². The summed E-state index contributed by atoms with van der Waals surface area (Å²) in [6.07, 6.45) is 5.18. The van der Waals surface area contributed by atoms with E-state index in [9.17, 15) is 0 Å². The van der Waals surface area contributed by atoms with Gasteiger partial charge in [0.2, 0.25) is 0 Å². The predicted octanol–water partition coefficient (Wildman–Crippen LogP) is 12.6. The number of nitrogens with zero attached hydrogens (tertiary/aromatic N) is 2. The van der Waals surface area contributed by atoms with Crippen LogP contribution in [-0.2, 0) is 26.5 Å². The van der Waals surface area contributed by atoms with E-state index in [1.165, 1.54) is 47.6 Å². The van der Waals surface area contributed by atoms with E-state index in [0.29, 0.717) is 17.8 Å². The van der Waals surface area contributed by atoms with Gasteiger partial charge in [-0.2, -0.15) is 11.3 Å². The molecule has 0 saturated carbocycles. The van der Waals surface area contributed by atoms with E-state index in [1.807, 2.05) is 35.7 Å². The van der Waals surface area contributed by atoms with Crippen LogP contribution in [0.15, 0.2) is 116 Å². The molecule has 3 heterocycles. The number of thiophene rings is 1. The molecule has 263 valence electrons. The topological polar surface area (TPSA) is 25.8 Å². The van der Waals surface area contributed by atoms with Gasteiger partial charge in [0, 0.05) is 37.2 Å². The van der Waals surface area contributed by atoms with E-state index >= 15 is 0 Å². The van der Waals surface area contributed by atoms with E-state index in [0.717, 1.165) is 28.9 Å². The second-order valence-corrected chi connectivity index (χ2v) is 21.2. The zero-order valence-corrected chi connectivity index (χ0v) is 35.3. The van der Waals surface area contributed by atoms with Crippen molar-refractivity contribution in [2.45, 2.75) is 66.6 Å². The first-order valence-electron chi connectivity index (χ1n) is 17.9. The largest absolute Gasteiger partial charge is 0.305 e. The normalized spacial score (nSPS) is 12.1. The standard InChI is InChI=1S/C28H24NS.C18H24NSi.Ir/c1-18(2)19(3)21-15-16-29-25(17-21)23-14-13-22(20-9-5-4-6-10-20)27-24-11-7-8-12-26(24)30-28(23)27;1-14(2)11-16-12-17(15-9-7-6-8-10-15)19-13-18(16)20(3,4)5;/h4-13,15-19H,1-3H3;6-9,12-14H,11H2,1-5H3;/q2*-1;. The average molecular weight is 881 g/mol. The zero-order valence-electron chi connectivity index (χ0n) is 31.0.